The highest BCUT2D eigenvalue weighted by molar-refractivity contribution is 6.12. The lowest BCUT2D eigenvalue weighted by Gasteiger charge is -2.06. The number of fused-ring (bicyclic) bond motifs is 1. The highest BCUT2D eigenvalue weighted by Crippen LogP contribution is 2.14. The van der Waals surface area contributed by atoms with Crippen molar-refractivity contribution >= 4 is 5.71 Å². The molecule has 1 aliphatic heterocycles. The maximum Gasteiger partial charge on any atom is 0.158 e. The predicted molar refractivity (Wildman–Crippen MR) is 71.3 cm³/mol. The molecule has 2 rings (SSSR count). The number of nitrogens with zero attached hydrogens (tertiary/aromatic N) is 3. The Hall–Kier alpha value is -1.90. The fraction of sp³-hybridized carbons (Fsp3) is 0.286. The van der Waals surface area contributed by atoms with E-state index in [1.165, 1.54) is 0 Å². The van der Waals surface area contributed by atoms with Crippen LogP contribution < -0.4 is 0 Å². The summed E-state index contributed by atoms with van der Waals surface area (Å²) >= 11 is 0. The number of aliphatic imine (C=N–C) groups is 1. The molecule has 0 aliphatic carbocycles. The van der Waals surface area contributed by atoms with E-state index in [1.54, 1.807) is 0 Å². The minimum Gasteiger partial charge on any atom is -0.330 e. The number of allylic oxidation sites excluding steroid dienone is 5. The van der Waals surface area contributed by atoms with Crippen LogP contribution in [0.1, 0.15) is 19.2 Å². The molecule has 0 saturated heterocycles. The van der Waals surface area contributed by atoms with Crippen molar-refractivity contribution in [2.75, 3.05) is 6.54 Å². The molecule has 0 atom stereocenters. The zero-order chi connectivity index (χ0) is 12.1. The molecule has 3 heteroatoms. The third kappa shape index (κ3) is 2.44. The van der Waals surface area contributed by atoms with E-state index in [2.05, 4.69) is 21.1 Å². The van der Waals surface area contributed by atoms with Crippen LogP contribution in [-0.4, -0.2) is 21.8 Å². The maximum atomic E-state index is 4.62. The lowest BCUT2D eigenvalue weighted by molar-refractivity contribution is 0.660. The molecule has 1 aromatic heterocycles. The number of aryl methyl sites for hydroxylation is 1. The molecule has 88 valence electrons. The van der Waals surface area contributed by atoms with Crippen LogP contribution in [0.5, 0.6) is 0 Å². The van der Waals surface area contributed by atoms with Crippen molar-refractivity contribution in [1.82, 2.24) is 9.55 Å². The number of hydrogen-bond donors (Lipinski definition) is 0. The van der Waals surface area contributed by atoms with Gasteiger partial charge in [0.1, 0.15) is 5.71 Å². The molecule has 0 spiro atoms. The third-order valence-electron chi connectivity index (χ3n) is 2.72. The Morgan fingerprint density at radius 3 is 3.18 bits per heavy atom. The van der Waals surface area contributed by atoms with Gasteiger partial charge in [-0.1, -0.05) is 30.9 Å². The van der Waals surface area contributed by atoms with Gasteiger partial charge in [0.15, 0.2) is 5.82 Å². The van der Waals surface area contributed by atoms with E-state index in [4.69, 9.17) is 0 Å². The average molecular weight is 227 g/mol. The summed E-state index contributed by atoms with van der Waals surface area (Å²) in [5.41, 5.74) is 1.97. The SMILES string of the molecule is C=C/C(=C\C=C/C)C1=NCCCn2ccnc21. The summed E-state index contributed by atoms with van der Waals surface area (Å²) in [4.78, 5) is 9.02. The molecule has 3 nitrogen and oxygen atoms in total. The molecule has 0 N–H and O–H groups in total. The van der Waals surface area contributed by atoms with Crippen LogP contribution in [0.2, 0.25) is 0 Å². The molecular weight excluding hydrogens is 210 g/mol. The summed E-state index contributed by atoms with van der Waals surface area (Å²) in [6.07, 6.45) is 12.7. The number of imidazole rings is 1. The maximum absolute atomic E-state index is 4.62. The van der Waals surface area contributed by atoms with Crippen LogP contribution in [0.25, 0.3) is 0 Å². The molecule has 0 aromatic carbocycles. The first-order chi connectivity index (χ1) is 8.36. The van der Waals surface area contributed by atoms with E-state index >= 15 is 0 Å². The second-order valence-electron chi connectivity index (χ2n) is 3.88. The third-order valence-corrected chi connectivity index (χ3v) is 2.72. The van der Waals surface area contributed by atoms with Crippen LogP contribution in [0, 0.1) is 0 Å². The van der Waals surface area contributed by atoms with Gasteiger partial charge in [0.2, 0.25) is 0 Å². The normalized spacial score (nSPS) is 16.5. The molecule has 1 aliphatic rings. The van der Waals surface area contributed by atoms with Gasteiger partial charge in [-0.25, -0.2) is 4.98 Å². The van der Waals surface area contributed by atoms with Gasteiger partial charge in [-0.3, -0.25) is 4.99 Å². The Kier molecular flexibility index (Phi) is 3.70. The Morgan fingerprint density at radius 2 is 2.41 bits per heavy atom. The summed E-state index contributed by atoms with van der Waals surface area (Å²) < 4.78 is 2.15. The molecule has 0 amide bonds. The number of rotatable bonds is 3. The molecule has 0 fully saturated rings. The van der Waals surface area contributed by atoms with Gasteiger partial charge in [-0.2, -0.15) is 0 Å². The minimum atomic E-state index is 0.847. The van der Waals surface area contributed by atoms with Crippen LogP contribution in [0.4, 0.5) is 0 Å². The molecule has 0 bridgehead atoms. The smallest absolute Gasteiger partial charge is 0.158 e. The minimum absolute atomic E-state index is 0.847. The van der Waals surface area contributed by atoms with E-state index in [9.17, 15) is 0 Å². The van der Waals surface area contributed by atoms with Gasteiger partial charge >= 0.3 is 0 Å². The predicted octanol–water partition coefficient (Wildman–Crippen LogP) is 2.76. The highest BCUT2D eigenvalue weighted by atomic mass is 15.1. The van der Waals surface area contributed by atoms with Crippen LogP contribution in [-0.2, 0) is 6.54 Å². The summed E-state index contributed by atoms with van der Waals surface area (Å²) in [6, 6.07) is 0. The first-order valence-corrected chi connectivity index (χ1v) is 5.88. The summed E-state index contributed by atoms with van der Waals surface area (Å²) in [6.45, 7) is 7.68. The monoisotopic (exact) mass is 227 g/mol. The molecular formula is C14H17N3. The second kappa shape index (κ2) is 5.43. The molecule has 1 aromatic rings. The average Bonchev–Trinajstić information content (AvgIpc) is 2.72. The Balaban J connectivity index is 2.44. The zero-order valence-corrected chi connectivity index (χ0v) is 10.1. The first kappa shape index (κ1) is 11.6. The van der Waals surface area contributed by atoms with Crippen molar-refractivity contribution in [3.8, 4) is 0 Å². The topological polar surface area (TPSA) is 30.2 Å². The van der Waals surface area contributed by atoms with Crippen molar-refractivity contribution < 1.29 is 0 Å². The van der Waals surface area contributed by atoms with Gasteiger partial charge in [-0.05, 0) is 13.3 Å². The lowest BCUT2D eigenvalue weighted by atomic mass is 10.1. The molecule has 0 radical (unpaired) electrons. The number of hydrogen-bond acceptors (Lipinski definition) is 2. The Morgan fingerprint density at radius 1 is 1.53 bits per heavy atom. The second-order valence-corrected chi connectivity index (χ2v) is 3.88. The van der Waals surface area contributed by atoms with E-state index < -0.39 is 0 Å². The molecule has 0 unspecified atom stereocenters. The fourth-order valence-electron chi connectivity index (χ4n) is 1.87. The zero-order valence-electron chi connectivity index (χ0n) is 10.1. The van der Waals surface area contributed by atoms with Crippen molar-refractivity contribution in [3.05, 3.63) is 54.7 Å². The Labute approximate surface area is 102 Å². The van der Waals surface area contributed by atoms with Crippen LogP contribution in [0.3, 0.4) is 0 Å². The Bertz CT molecular complexity index is 489. The largest absolute Gasteiger partial charge is 0.330 e. The summed E-state index contributed by atoms with van der Waals surface area (Å²) in [7, 11) is 0. The van der Waals surface area contributed by atoms with E-state index in [0.717, 1.165) is 36.6 Å². The van der Waals surface area contributed by atoms with E-state index in [-0.39, 0.29) is 0 Å². The van der Waals surface area contributed by atoms with Crippen molar-refractivity contribution in [2.45, 2.75) is 19.9 Å². The van der Waals surface area contributed by atoms with Crippen molar-refractivity contribution in [2.24, 2.45) is 4.99 Å². The lowest BCUT2D eigenvalue weighted by Crippen LogP contribution is -2.10. The van der Waals surface area contributed by atoms with Gasteiger partial charge in [0, 0.05) is 31.1 Å². The van der Waals surface area contributed by atoms with Crippen LogP contribution >= 0.6 is 0 Å². The standard InChI is InChI=1S/C14H17N3/c1-3-5-7-12(4-2)13-14-16-9-11-17(14)10-6-8-15-13/h3-5,7,9,11H,2,6,8,10H2,1H3/b5-3-,12-7+. The molecule has 2 heterocycles. The first-order valence-electron chi connectivity index (χ1n) is 5.88. The summed E-state index contributed by atoms with van der Waals surface area (Å²) in [5.74, 6) is 0.943. The molecule has 17 heavy (non-hydrogen) atoms. The van der Waals surface area contributed by atoms with Gasteiger partial charge in [-0.15, -0.1) is 0 Å². The van der Waals surface area contributed by atoms with Gasteiger partial charge < -0.3 is 4.57 Å². The summed E-state index contributed by atoms with van der Waals surface area (Å²) in [5, 5.41) is 0. The van der Waals surface area contributed by atoms with Crippen LogP contribution in [0.15, 0.2) is 53.8 Å². The van der Waals surface area contributed by atoms with Crippen molar-refractivity contribution in [3.63, 3.8) is 0 Å². The van der Waals surface area contributed by atoms with Gasteiger partial charge in [0.25, 0.3) is 0 Å². The van der Waals surface area contributed by atoms with E-state index in [1.807, 2.05) is 43.6 Å². The quantitative estimate of drug-likeness (QED) is 0.730. The van der Waals surface area contributed by atoms with Gasteiger partial charge in [0.05, 0.1) is 0 Å². The number of aromatic nitrogens is 2. The fourth-order valence-corrected chi connectivity index (χ4v) is 1.87. The molecule has 0 saturated carbocycles. The highest BCUT2D eigenvalue weighted by Gasteiger charge is 2.15. The van der Waals surface area contributed by atoms with Crippen molar-refractivity contribution in [1.29, 1.82) is 0 Å². The van der Waals surface area contributed by atoms with E-state index in [0.29, 0.717) is 0 Å².